The standard InChI is InChI=1S/C14H14N4S2/c1-10-2-6-19-12(10)13-15-3-4-17(13)8-11-9-18-5-7-20-14(18)16-11/h2-4,6,9H,5,7-8H2,1H3. The number of imidazole rings is 2. The summed E-state index contributed by atoms with van der Waals surface area (Å²) in [4.78, 5) is 10.5. The summed E-state index contributed by atoms with van der Waals surface area (Å²) in [6.45, 7) is 3.99. The Hall–Kier alpha value is -1.53. The van der Waals surface area contributed by atoms with E-state index in [9.17, 15) is 0 Å². The second-order valence-corrected chi connectivity index (χ2v) is 6.85. The van der Waals surface area contributed by atoms with Crippen molar-refractivity contribution in [2.24, 2.45) is 0 Å². The van der Waals surface area contributed by atoms with E-state index in [4.69, 9.17) is 4.98 Å². The molecule has 0 fully saturated rings. The first-order chi connectivity index (χ1) is 9.81. The third-order valence-electron chi connectivity index (χ3n) is 3.47. The van der Waals surface area contributed by atoms with Crippen LogP contribution < -0.4 is 0 Å². The summed E-state index contributed by atoms with van der Waals surface area (Å²) in [5.74, 6) is 2.19. The summed E-state index contributed by atoms with van der Waals surface area (Å²) < 4.78 is 4.43. The number of thiophene rings is 1. The molecule has 0 N–H and O–H groups in total. The Morgan fingerprint density at radius 1 is 1.40 bits per heavy atom. The lowest BCUT2D eigenvalue weighted by molar-refractivity contribution is 0.719. The van der Waals surface area contributed by atoms with Crippen molar-refractivity contribution in [3.8, 4) is 10.7 Å². The highest BCUT2D eigenvalue weighted by atomic mass is 32.2. The maximum absolute atomic E-state index is 4.69. The normalized spacial score (nSPS) is 13.8. The van der Waals surface area contributed by atoms with Gasteiger partial charge in [-0.15, -0.1) is 11.3 Å². The zero-order valence-electron chi connectivity index (χ0n) is 11.1. The van der Waals surface area contributed by atoms with Gasteiger partial charge in [0.2, 0.25) is 0 Å². The molecule has 1 aliphatic rings. The molecule has 0 amide bonds. The van der Waals surface area contributed by atoms with Crippen LogP contribution >= 0.6 is 23.1 Å². The fraction of sp³-hybridized carbons (Fsp3) is 0.286. The van der Waals surface area contributed by atoms with E-state index in [-0.39, 0.29) is 0 Å². The zero-order chi connectivity index (χ0) is 13.5. The second kappa shape index (κ2) is 4.79. The lowest BCUT2D eigenvalue weighted by Gasteiger charge is -2.05. The van der Waals surface area contributed by atoms with Crippen molar-refractivity contribution in [1.29, 1.82) is 0 Å². The predicted molar refractivity (Wildman–Crippen MR) is 82.3 cm³/mol. The Labute approximate surface area is 125 Å². The van der Waals surface area contributed by atoms with E-state index in [0.29, 0.717) is 0 Å². The third-order valence-corrected chi connectivity index (χ3v) is 5.45. The summed E-state index contributed by atoms with van der Waals surface area (Å²) in [5, 5.41) is 3.26. The van der Waals surface area contributed by atoms with Crippen molar-refractivity contribution < 1.29 is 0 Å². The van der Waals surface area contributed by atoms with E-state index in [0.717, 1.165) is 35.5 Å². The summed E-state index contributed by atoms with van der Waals surface area (Å²) in [5.41, 5.74) is 2.39. The summed E-state index contributed by atoms with van der Waals surface area (Å²) >= 11 is 3.58. The summed E-state index contributed by atoms with van der Waals surface area (Å²) in [7, 11) is 0. The van der Waals surface area contributed by atoms with Gasteiger partial charge in [-0.1, -0.05) is 11.8 Å². The van der Waals surface area contributed by atoms with Gasteiger partial charge in [-0.05, 0) is 23.9 Å². The van der Waals surface area contributed by atoms with Crippen molar-refractivity contribution in [1.82, 2.24) is 19.1 Å². The van der Waals surface area contributed by atoms with Gasteiger partial charge in [0, 0.05) is 30.9 Å². The van der Waals surface area contributed by atoms with Crippen molar-refractivity contribution >= 4 is 23.1 Å². The molecule has 0 radical (unpaired) electrons. The molecule has 3 aromatic heterocycles. The number of hydrogen-bond donors (Lipinski definition) is 0. The fourth-order valence-corrected chi connectivity index (χ4v) is 4.36. The minimum absolute atomic E-state index is 0.785. The van der Waals surface area contributed by atoms with E-state index in [1.54, 1.807) is 11.3 Å². The Balaban J connectivity index is 1.66. The van der Waals surface area contributed by atoms with Crippen LogP contribution in [0.3, 0.4) is 0 Å². The number of fused-ring (bicyclic) bond motifs is 1. The molecule has 3 aromatic rings. The monoisotopic (exact) mass is 302 g/mol. The van der Waals surface area contributed by atoms with Crippen LogP contribution in [0.15, 0.2) is 35.2 Å². The molecule has 1 aliphatic heterocycles. The van der Waals surface area contributed by atoms with E-state index in [1.165, 1.54) is 10.4 Å². The number of nitrogens with zero attached hydrogens (tertiary/aromatic N) is 4. The Kier molecular flexibility index (Phi) is 2.93. The van der Waals surface area contributed by atoms with Crippen molar-refractivity contribution in [3.05, 3.63) is 41.3 Å². The average Bonchev–Trinajstić information content (AvgIpc) is 3.12. The quantitative estimate of drug-likeness (QED) is 0.745. The van der Waals surface area contributed by atoms with Crippen LogP contribution in [0.4, 0.5) is 0 Å². The van der Waals surface area contributed by atoms with E-state index in [2.05, 4.69) is 38.7 Å². The fourth-order valence-electron chi connectivity index (χ4n) is 2.46. The highest BCUT2D eigenvalue weighted by molar-refractivity contribution is 7.99. The van der Waals surface area contributed by atoms with Gasteiger partial charge >= 0.3 is 0 Å². The average molecular weight is 302 g/mol. The second-order valence-electron chi connectivity index (χ2n) is 4.87. The van der Waals surface area contributed by atoms with Crippen LogP contribution in [-0.4, -0.2) is 24.9 Å². The first-order valence-electron chi connectivity index (χ1n) is 6.56. The van der Waals surface area contributed by atoms with Crippen molar-refractivity contribution in [2.75, 3.05) is 5.75 Å². The maximum atomic E-state index is 4.69. The molecule has 0 saturated carbocycles. The first-order valence-corrected chi connectivity index (χ1v) is 8.42. The van der Waals surface area contributed by atoms with Gasteiger partial charge < -0.3 is 9.13 Å². The molecule has 4 nitrogen and oxygen atoms in total. The number of aryl methyl sites for hydroxylation is 2. The molecule has 102 valence electrons. The third kappa shape index (κ3) is 1.99. The van der Waals surface area contributed by atoms with E-state index < -0.39 is 0 Å². The topological polar surface area (TPSA) is 35.6 Å². The van der Waals surface area contributed by atoms with Gasteiger partial charge in [-0.3, -0.25) is 0 Å². The molecular formula is C14H14N4S2. The summed E-state index contributed by atoms with van der Waals surface area (Å²) in [6.07, 6.45) is 6.07. The van der Waals surface area contributed by atoms with Gasteiger partial charge in [0.1, 0.15) is 0 Å². The number of aromatic nitrogens is 4. The first kappa shape index (κ1) is 12.2. The number of rotatable bonds is 3. The maximum Gasteiger partial charge on any atom is 0.168 e. The molecule has 0 aliphatic carbocycles. The van der Waals surface area contributed by atoms with Gasteiger partial charge in [-0.2, -0.15) is 0 Å². The van der Waals surface area contributed by atoms with Gasteiger partial charge in [0.05, 0.1) is 17.1 Å². The van der Waals surface area contributed by atoms with Gasteiger partial charge in [-0.25, -0.2) is 9.97 Å². The van der Waals surface area contributed by atoms with Crippen LogP contribution in [0.2, 0.25) is 0 Å². The highest BCUT2D eigenvalue weighted by Crippen LogP contribution is 2.29. The zero-order valence-corrected chi connectivity index (χ0v) is 12.7. The van der Waals surface area contributed by atoms with Gasteiger partial charge in [0.25, 0.3) is 0 Å². The minimum Gasteiger partial charge on any atom is -0.325 e. The minimum atomic E-state index is 0.785. The Morgan fingerprint density at radius 2 is 2.35 bits per heavy atom. The SMILES string of the molecule is Cc1ccsc1-c1nccn1Cc1cn2c(n1)SCC2. The number of thioether (sulfide) groups is 1. The number of hydrogen-bond acceptors (Lipinski definition) is 4. The van der Waals surface area contributed by atoms with Crippen LogP contribution in [0.1, 0.15) is 11.3 Å². The smallest absolute Gasteiger partial charge is 0.168 e. The molecule has 0 bridgehead atoms. The molecule has 4 heterocycles. The molecule has 4 rings (SSSR count). The highest BCUT2D eigenvalue weighted by Gasteiger charge is 2.16. The van der Waals surface area contributed by atoms with Crippen molar-refractivity contribution in [3.63, 3.8) is 0 Å². The van der Waals surface area contributed by atoms with Gasteiger partial charge in [0.15, 0.2) is 11.0 Å². The predicted octanol–water partition coefficient (Wildman–Crippen LogP) is 3.27. The lowest BCUT2D eigenvalue weighted by atomic mass is 10.3. The Morgan fingerprint density at radius 3 is 3.15 bits per heavy atom. The van der Waals surface area contributed by atoms with Crippen LogP contribution in [0.25, 0.3) is 10.7 Å². The summed E-state index contributed by atoms with van der Waals surface area (Å²) in [6, 6.07) is 2.14. The van der Waals surface area contributed by atoms with Crippen LogP contribution in [0, 0.1) is 6.92 Å². The van der Waals surface area contributed by atoms with Crippen LogP contribution in [-0.2, 0) is 13.1 Å². The molecule has 20 heavy (non-hydrogen) atoms. The molecule has 0 aromatic carbocycles. The molecular weight excluding hydrogens is 288 g/mol. The molecule has 0 saturated heterocycles. The van der Waals surface area contributed by atoms with Crippen molar-refractivity contribution in [2.45, 2.75) is 25.2 Å². The molecule has 6 heteroatoms. The largest absolute Gasteiger partial charge is 0.325 e. The van der Waals surface area contributed by atoms with E-state index >= 15 is 0 Å². The molecule has 0 unspecified atom stereocenters. The lowest BCUT2D eigenvalue weighted by Crippen LogP contribution is -2.01. The Bertz CT molecular complexity index is 731. The molecule has 0 spiro atoms. The van der Waals surface area contributed by atoms with Crippen LogP contribution in [0.5, 0.6) is 0 Å². The molecule has 0 atom stereocenters. The van der Waals surface area contributed by atoms with E-state index in [1.807, 2.05) is 24.2 Å².